The second kappa shape index (κ2) is 7.77. The molecule has 1 aromatic carbocycles. The molecule has 0 spiro atoms. The van der Waals surface area contributed by atoms with Crippen molar-refractivity contribution in [1.29, 1.82) is 10.5 Å². The highest BCUT2D eigenvalue weighted by atomic mass is 16.5. The third-order valence-electron chi connectivity index (χ3n) is 4.46. The van der Waals surface area contributed by atoms with E-state index < -0.39 is 12.0 Å². The van der Waals surface area contributed by atoms with Crippen LogP contribution >= 0.6 is 0 Å². The first kappa shape index (κ1) is 19.3. The summed E-state index contributed by atoms with van der Waals surface area (Å²) in [5, 5.41) is 23.6. The van der Waals surface area contributed by atoms with Gasteiger partial charge in [-0.1, -0.05) is 12.1 Å². The van der Waals surface area contributed by atoms with Crippen molar-refractivity contribution >= 4 is 29.3 Å². The van der Waals surface area contributed by atoms with Gasteiger partial charge in [-0.15, -0.1) is 0 Å². The predicted octanol–water partition coefficient (Wildman–Crippen LogP) is 1.87. The van der Waals surface area contributed by atoms with Crippen LogP contribution in [0.15, 0.2) is 52.1 Å². The maximum absolute atomic E-state index is 12.2. The summed E-state index contributed by atoms with van der Waals surface area (Å²) >= 11 is 0. The molecule has 0 radical (unpaired) electrons. The Balaban J connectivity index is 1.78. The standard InChI is InChI=1S/C20H14N8O3/c21-8-12-15(23)14-16(26-20(25-9-22)28-18(14)27-17(12)24)10-3-1-4-11(7-10)31-19(29)13-5-2-6-30-13/h1-7,16H,(H6,23,24,25,26,27,28). The van der Waals surface area contributed by atoms with Crippen molar-refractivity contribution in [2.24, 2.45) is 4.99 Å². The average molecular weight is 414 g/mol. The van der Waals surface area contributed by atoms with E-state index in [0.717, 1.165) is 0 Å². The van der Waals surface area contributed by atoms with Crippen molar-refractivity contribution in [2.75, 3.05) is 16.8 Å². The fraction of sp³-hybridized carbons (Fsp3) is 0.0500. The summed E-state index contributed by atoms with van der Waals surface area (Å²) in [6, 6.07) is 10.8. The lowest BCUT2D eigenvalue weighted by atomic mass is 9.95. The number of pyridine rings is 1. The molecule has 1 aliphatic rings. The smallest absolute Gasteiger partial charge is 0.379 e. The Labute approximate surface area is 175 Å². The van der Waals surface area contributed by atoms with Crippen LogP contribution < -0.4 is 26.8 Å². The Morgan fingerprint density at radius 3 is 2.81 bits per heavy atom. The van der Waals surface area contributed by atoms with Crippen LogP contribution in [-0.4, -0.2) is 16.9 Å². The van der Waals surface area contributed by atoms with Gasteiger partial charge in [-0.3, -0.25) is 5.32 Å². The maximum atomic E-state index is 12.2. The Morgan fingerprint density at radius 2 is 2.10 bits per heavy atom. The highest BCUT2D eigenvalue weighted by Crippen LogP contribution is 2.41. The Morgan fingerprint density at radius 1 is 1.26 bits per heavy atom. The molecule has 1 aliphatic heterocycles. The van der Waals surface area contributed by atoms with Crippen LogP contribution in [0.2, 0.25) is 0 Å². The molecule has 2 aromatic heterocycles. The van der Waals surface area contributed by atoms with Gasteiger partial charge in [0.05, 0.1) is 12.0 Å². The first-order valence-corrected chi connectivity index (χ1v) is 8.86. The van der Waals surface area contributed by atoms with Crippen LogP contribution in [0, 0.1) is 22.8 Å². The van der Waals surface area contributed by atoms with Gasteiger partial charge < -0.3 is 25.9 Å². The number of nitrogens with zero attached hydrogens (tertiary/aromatic N) is 4. The summed E-state index contributed by atoms with van der Waals surface area (Å²) in [5.74, 6) is -0.0443. The lowest BCUT2D eigenvalue weighted by Gasteiger charge is -2.26. The molecule has 11 nitrogen and oxygen atoms in total. The molecule has 1 atom stereocenters. The number of anilines is 3. The zero-order chi connectivity index (χ0) is 22.0. The molecular weight excluding hydrogens is 400 g/mol. The lowest BCUT2D eigenvalue weighted by molar-refractivity contribution is 0.0701. The second-order valence-corrected chi connectivity index (χ2v) is 6.34. The van der Waals surface area contributed by atoms with E-state index in [1.807, 2.05) is 6.07 Å². The van der Waals surface area contributed by atoms with Crippen molar-refractivity contribution in [3.8, 4) is 18.0 Å². The number of ether oxygens (including phenoxy) is 1. The average Bonchev–Trinajstić information content (AvgIpc) is 3.29. The van der Waals surface area contributed by atoms with Gasteiger partial charge in [0.2, 0.25) is 11.7 Å². The van der Waals surface area contributed by atoms with E-state index in [-0.39, 0.29) is 40.4 Å². The minimum absolute atomic E-state index is 0.0258. The minimum atomic E-state index is -0.755. The van der Waals surface area contributed by atoms with Gasteiger partial charge in [0.1, 0.15) is 35.1 Å². The molecule has 0 aliphatic carbocycles. The summed E-state index contributed by atoms with van der Waals surface area (Å²) in [5.41, 5.74) is 13.2. The molecule has 3 heterocycles. The number of nitrogens with one attached hydrogen (secondary N) is 2. The number of fused-ring (bicyclic) bond motifs is 1. The van der Waals surface area contributed by atoms with Gasteiger partial charge in [-0.2, -0.15) is 10.5 Å². The number of hydrogen-bond donors (Lipinski definition) is 4. The molecule has 0 amide bonds. The number of aromatic nitrogens is 1. The maximum Gasteiger partial charge on any atom is 0.379 e. The fourth-order valence-corrected chi connectivity index (χ4v) is 3.12. The highest BCUT2D eigenvalue weighted by Gasteiger charge is 2.30. The highest BCUT2D eigenvalue weighted by molar-refractivity contribution is 5.98. The molecule has 0 saturated carbocycles. The number of hydrogen-bond acceptors (Lipinski definition) is 11. The molecule has 11 heteroatoms. The van der Waals surface area contributed by atoms with E-state index in [1.165, 1.54) is 12.3 Å². The number of rotatable bonds is 3. The number of carbonyl (C=O) groups is 1. The number of guanidine groups is 1. The zero-order valence-corrected chi connectivity index (χ0v) is 15.8. The molecule has 0 fully saturated rings. The van der Waals surface area contributed by atoms with Crippen LogP contribution in [0.25, 0.3) is 0 Å². The molecule has 6 N–H and O–H groups in total. The Bertz CT molecular complexity index is 1280. The summed E-state index contributed by atoms with van der Waals surface area (Å²) < 4.78 is 10.4. The van der Waals surface area contributed by atoms with Gasteiger partial charge in [0, 0.05) is 5.56 Å². The van der Waals surface area contributed by atoms with Crippen LogP contribution in [-0.2, 0) is 0 Å². The molecule has 1 unspecified atom stereocenters. The first-order chi connectivity index (χ1) is 15.0. The largest absolute Gasteiger partial charge is 0.457 e. The molecule has 152 valence electrons. The normalized spacial score (nSPS) is 14.3. The number of nitrogens with two attached hydrogens (primary N) is 2. The van der Waals surface area contributed by atoms with E-state index >= 15 is 0 Å². The fourth-order valence-electron chi connectivity index (χ4n) is 3.12. The van der Waals surface area contributed by atoms with Gasteiger partial charge in [0.25, 0.3) is 0 Å². The van der Waals surface area contributed by atoms with Crippen LogP contribution in [0.1, 0.15) is 33.3 Å². The van der Waals surface area contributed by atoms with E-state index in [1.54, 1.807) is 36.5 Å². The van der Waals surface area contributed by atoms with Gasteiger partial charge in [-0.05, 0) is 29.8 Å². The molecule has 31 heavy (non-hydrogen) atoms. The number of benzene rings is 1. The van der Waals surface area contributed by atoms with E-state index in [0.29, 0.717) is 11.1 Å². The van der Waals surface area contributed by atoms with E-state index in [2.05, 4.69) is 20.6 Å². The third kappa shape index (κ3) is 3.54. The molecule has 0 bridgehead atoms. The Kier molecular flexibility index (Phi) is 4.84. The van der Waals surface area contributed by atoms with E-state index in [9.17, 15) is 10.1 Å². The number of aliphatic imine (C=N–C) groups is 1. The van der Waals surface area contributed by atoms with Crippen molar-refractivity contribution in [3.63, 3.8) is 0 Å². The second-order valence-electron chi connectivity index (χ2n) is 6.34. The van der Waals surface area contributed by atoms with Crippen molar-refractivity contribution < 1.29 is 13.9 Å². The predicted molar refractivity (Wildman–Crippen MR) is 110 cm³/mol. The lowest BCUT2D eigenvalue weighted by Crippen LogP contribution is -2.32. The van der Waals surface area contributed by atoms with Gasteiger partial charge >= 0.3 is 5.97 Å². The first-order valence-electron chi connectivity index (χ1n) is 8.86. The van der Waals surface area contributed by atoms with Crippen LogP contribution in [0.4, 0.5) is 17.3 Å². The molecular formula is C20H14N8O3. The number of carbonyl (C=O) groups excluding carboxylic acids is 1. The summed E-state index contributed by atoms with van der Waals surface area (Å²) in [6.45, 7) is 0. The summed E-state index contributed by atoms with van der Waals surface area (Å²) in [4.78, 5) is 20.9. The molecule has 3 aromatic rings. The van der Waals surface area contributed by atoms with Crippen LogP contribution in [0.5, 0.6) is 5.75 Å². The SMILES string of the molecule is N#CNC1=NC(c2cccc(OC(=O)c3ccco3)c2)c2c(nc(N)c(C#N)c2N)N1. The molecule has 4 rings (SSSR count). The van der Waals surface area contributed by atoms with Crippen molar-refractivity contribution in [1.82, 2.24) is 10.3 Å². The van der Waals surface area contributed by atoms with Gasteiger partial charge in [0.15, 0.2) is 6.19 Å². The van der Waals surface area contributed by atoms with Crippen molar-refractivity contribution in [3.05, 3.63) is 65.1 Å². The topological polar surface area (TPSA) is 188 Å². The third-order valence-corrected chi connectivity index (χ3v) is 4.46. The Hall–Kier alpha value is -5.03. The summed E-state index contributed by atoms with van der Waals surface area (Å²) in [7, 11) is 0. The number of nitrogen functional groups attached to an aromatic ring is 2. The quantitative estimate of drug-likeness (QED) is 0.213. The van der Waals surface area contributed by atoms with E-state index in [4.69, 9.17) is 25.9 Å². The number of furan rings is 1. The monoisotopic (exact) mass is 414 g/mol. The molecule has 0 saturated heterocycles. The number of esters is 1. The van der Waals surface area contributed by atoms with Gasteiger partial charge in [-0.25, -0.2) is 14.8 Å². The van der Waals surface area contributed by atoms with Crippen LogP contribution in [0.3, 0.4) is 0 Å². The number of nitriles is 2. The minimum Gasteiger partial charge on any atom is -0.457 e. The summed E-state index contributed by atoms with van der Waals surface area (Å²) in [6.07, 6.45) is 3.15. The van der Waals surface area contributed by atoms with Crippen molar-refractivity contribution in [2.45, 2.75) is 6.04 Å². The zero-order valence-electron chi connectivity index (χ0n) is 15.8.